The molecule has 144 valence electrons. The predicted molar refractivity (Wildman–Crippen MR) is 111 cm³/mol. The van der Waals surface area contributed by atoms with E-state index in [4.69, 9.17) is 16.0 Å². The lowest BCUT2D eigenvalue weighted by atomic mass is 10.2. The Morgan fingerprint density at radius 1 is 1.11 bits per heavy atom. The molecule has 0 N–H and O–H groups in total. The number of hydrogen-bond acceptors (Lipinski definition) is 6. The van der Waals surface area contributed by atoms with E-state index in [9.17, 15) is 4.21 Å². The standard InChI is InChI=1S/C15H12ClN3O2S2.C4H10/c1-9-19-14(10-3-6-13(18-7-10)23(2)20)15(21-9)22-12-5-4-11(16)8-17-12;1-3-4-2/h3-8H,1-2H3;3-4H2,1-2H3. The fourth-order valence-corrected chi connectivity index (χ4v) is 3.29. The van der Waals surface area contributed by atoms with E-state index in [-0.39, 0.29) is 0 Å². The zero-order valence-electron chi connectivity index (χ0n) is 15.7. The zero-order chi connectivity index (χ0) is 19.8. The number of oxazole rings is 1. The molecule has 3 aromatic rings. The molecule has 27 heavy (non-hydrogen) atoms. The van der Waals surface area contributed by atoms with Crippen molar-refractivity contribution >= 4 is 34.2 Å². The van der Waals surface area contributed by atoms with E-state index in [2.05, 4.69) is 28.8 Å². The van der Waals surface area contributed by atoms with Gasteiger partial charge >= 0.3 is 0 Å². The molecule has 5 nitrogen and oxygen atoms in total. The van der Waals surface area contributed by atoms with Gasteiger partial charge in [0.1, 0.15) is 15.7 Å². The lowest BCUT2D eigenvalue weighted by Crippen LogP contribution is -1.92. The number of aromatic nitrogens is 3. The van der Waals surface area contributed by atoms with Crippen molar-refractivity contribution in [3.63, 3.8) is 0 Å². The first-order valence-corrected chi connectivity index (χ1v) is 11.3. The quantitative estimate of drug-likeness (QED) is 0.517. The molecule has 3 rings (SSSR count). The molecule has 0 bridgehead atoms. The first-order valence-electron chi connectivity index (χ1n) is 8.51. The highest BCUT2D eigenvalue weighted by molar-refractivity contribution is 7.99. The molecule has 3 heterocycles. The highest BCUT2D eigenvalue weighted by Crippen LogP contribution is 2.35. The largest absolute Gasteiger partial charge is 0.434 e. The Bertz CT molecular complexity index is 879. The van der Waals surface area contributed by atoms with Crippen LogP contribution < -0.4 is 0 Å². The molecule has 0 aliphatic heterocycles. The van der Waals surface area contributed by atoms with Gasteiger partial charge in [-0.15, -0.1) is 0 Å². The molecule has 1 atom stereocenters. The van der Waals surface area contributed by atoms with Crippen LogP contribution >= 0.6 is 23.4 Å². The average Bonchev–Trinajstić information content (AvgIpc) is 3.04. The van der Waals surface area contributed by atoms with Gasteiger partial charge in [0.15, 0.2) is 11.0 Å². The van der Waals surface area contributed by atoms with E-state index in [1.54, 1.807) is 37.7 Å². The zero-order valence-corrected chi connectivity index (χ0v) is 18.1. The Kier molecular flexibility index (Phi) is 8.47. The van der Waals surface area contributed by atoms with Crippen LogP contribution in [0.2, 0.25) is 5.02 Å². The Morgan fingerprint density at radius 3 is 2.37 bits per heavy atom. The number of unbranched alkanes of at least 4 members (excludes halogenated alkanes) is 1. The molecule has 0 saturated carbocycles. The predicted octanol–water partition coefficient (Wildman–Crippen LogP) is 5.79. The summed E-state index contributed by atoms with van der Waals surface area (Å²) in [5, 5.41) is 2.49. The van der Waals surface area contributed by atoms with Crippen molar-refractivity contribution in [2.45, 2.75) is 48.8 Å². The van der Waals surface area contributed by atoms with Gasteiger partial charge in [-0.2, -0.15) is 0 Å². The van der Waals surface area contributed by atoms with Crippen molar-refractivity contribution in [2.75, 3.05) is 6.26 Å². The lowest BCUT2D eigenvalue weighted by Gasteiger charge is -2.02. The van der Waals surface area contributed by atoms with Crippen molar-refractivity contribution < 1.29 is 8.63 Å². The summed E-state index contributed by atoms with van der Waals surface area (Å²) in [5.74, 6) is 0.555. The normalized spacial score (nSPS) is 11.6. The summed E-state index contributed by atoms with van der Waals surface area (Å²) < 4.78 is 17.1. The van der Waals surface area contributed by atoms with Gasteiger partial charge in [0, 0.05) is 31.1 Å². The summed E-state index contributed by atoms with van der Waals surface area (Å²) >= 11 is 7.21. The molecule has 0 aliphatic rings. The van der Waals surface area contributed by atoms with Gasteiger partial charge in [0.25, 0.3) is 0 Å². The number of pyridine rings is 2. The van der Waals surface area contributed by atoms with Crippen molar-refractivity contribution in [2.24, 2.45) is 0 Å². The van der Waals surface area contributed by atoms with Gasteiger partial charge in [-0.25, -0.2) is 15.0 Å². The SMILES string of the molecule is CCCC.Cc1nc(-c2ccc(S(C)=O)nc2)c(Sc2ccc(Cl)cn2)o1. The van der Waals surface area contributed by atoms with Crippen LogP contribution in [0, 0.1) is 6.92 Å². The second-order valence-corrected chi connectivity index (χ2v) is 8.38. The van der Waals surface area contributed by atoms with Crippen LogP contribution in [0.3, 0.4) is 0 Å². The van der Waals surface area contributed by atoms with E-state index < -0.39 is 10.8 Å². The summed E-state index contributed by atoms with van der Waals surface area (Å²) in [4.78, 5) is 12.9. The fraction of sp³-hybridized carbons (Fsp3) is 0.316. The minimum absolute atomic E-state index is 0.530. The molecule has 0 aromatic carbocycles. The average molecular weight is 424 g/mol. The van der Waals surface area contributed by atoms with Gasteiger partial charge in [-0.3, -0.25) is 4.21 Å². The van der Waals surface area contributed by atoms with E-state index in [0.717, 1.165) is 10.6 Å². The molecular formula is C19H22ClN3O2S2. The Hall–Kier alpha value is -1.70. The summed E-state index contributed by atoms with van der Waals surface area (Å²) in [6.45, 7) is 6.14. The molecule has 0 aliphatic carbocycles. The van der Waals surface area contributed by atoms with Gasteiger partial charge in [-0.1, -0.05) is 38.3 Å². The van der Waals surface area contributed by atoms with Crippen molar-refractivity contribution in [1.82, 2.24) is 15.0 Å². The van der Waals surface area contributed by atoms with Gasteiger partial charge in [0.05, 0.1) is 15.8 Å². The number of halogens is 1. The van der Waals surface area contributed by atoms with E-state index in [1.807, 2.05) is 12.1 Å². The van der Waals surface area contributed by atoms with Crippen molar-refractivity contribution in [3.8, 4) is 11.3 Å². The third kappa shape index (κ3) is 6.45. The van der Waals surface area contributed by atoms with Gasteiger partial charge in [-0.05, 0) is 36.0 Å². The lowest BCUT2D eigenvalue weighted by molar-refractivity contribution is 0.442. The molecule has 0 spiro atoms. The maximum Gasteiger partial charge on any atom is 0.195 e. The maximum atomic E-state index is 11.4. The van der Waals surface area contributed by atoms with Gasteiger partial charge in [0.2, 0.25) is 0 Å². The van der Waals surface area contributed by atoms with Crippen LogP contribution in [-0.4, -0.2) is 25.4 Å². The Balaban J connectivity index is 0.000000596. The molecular weight excluding hydrogens is 402 g/mol. The third-order valence-electron chi connectivity index (χ3n) is 3.40. The van der Waals surface area contributed by atoms with Crippen LogP contribution in [0.15, 0.2) is 56.2 Å². The van der Waals surface area contributed by atoms with Crippen LogP contribution in [0.25, 0.3) is 11.3 Å². The van der Waals surface area contributed by atoms with E-state index >= 15 is 0 Å². The summed E-state index contributed by atoms with van der Waals surface area (Å²) in [6, 6.07) is 7.15. The molecule has 3 aromatic heterocycles. The van der Waals surface area contributed by atoms with Crippen LogP contribution in [0.4, 0.5) is 0 Å². The van der Waals surface area contributed by atoms with E-state index in [1.165, 1.54) is 24.6 Å². The first-order chi connectivity index (χ1) is 12.9. The van der Waals surface area contributed by atoms with Crippen molar-refractivity contribution in [1.29, 1.82) is 0 Å². The monoisotopic (exact) mass is 423 g/mol. The number of hydrogen-bond donors (Lipinski definition) is 0. The highest BCUT2D eigenvalue weighted by atomic mass is 35.5. The molecule has 0 saturated heterocycles. The molecule has 0 radical (unpaired) electrons. The summed E-state index contributed by atoms with van der Waals surface area (Å²) in [5.41, 5.74) is 1.48. The number of rotatable bonds is 5. The smallest absolute Gasteiger partial charge is 0.195 e. The fourth-order valence-electron chi connectivity index (χ4n) is 1.87. The van der Waals surface area contributed by atoms with Crippen LogP contribution in [-0.2, 0) is 10.8 Å². The molecule has 8 heteroatoms. The van der Waals surface area contributed by atoms with Crippen LogP contribution in [0.5, 0.6) is 0 Å². The molecule has 0 amide bonds. The molecule has 1 unspecified atom stereocenters. The maximum absolute atomic E-state index is 11.4. The van der Waals surface area contributed by atoms with Crippen LogP contribution in [0.1, 0.15) is 32.6 Å². The highest BCUT2D eigenvalue weighted by Gasteiger charge is 2.16. The van der Waals surface area contributed by atoms with E-state index in [0.29, 0.717) is 26.7 Å². The number of nitrogens with zero attached hydrogens (tertiary/aromatic N) is 3. The number of aryl methyl sites for hydroxylation is 1. The first kappa shape index (κ1) is 21.6. The molecule has 0 fully saturated rings. The Morgan fingerprint density at radius 2 is 1.85 bits per heavy atom. The summed E-state index contributed by atoms with van der Waals surface area (Å²) in [6.07, 6.45) is 7.46. The minimum atomic E-state index is -1.11. The topological polar surface area (TPSA) is 68.9 Å². The Labute approximate surface area is 171 Å². The second kappa shape index (κ2) is 10.6. The third-order valence-corrected chi connectivity index (χ3v) is 5.37. The summed E-state index contributed by atoms with van der Waals surface area (Å²) in [7, 11) is -1.11. The van der Waals surface area contributed by atoms with Gasteiger partial charge < -0.3 is 4.42 Å². The second-order valence-electron chi connectivity index (χ2n) is 5.62. The minimum Gasteiger partial charge on any atom is -0.434 e. The van der Waals surface area contributed by atoms with Crippen molar-refractivity contribution in [3.05, 3.63) is 47.6 Å².